The highest BCUT2D eigenvalue weighted by molar-refractivity contribution is 5.88. The number of anilines is 1. The Bertz CT molecular complexity index is 607. The summed E-state index contributed by atoms with van der Waals surface area (Å²) in [6, 6.07) is 3.11. The van der Waals surface area contributed by atoms with Gasteiger partial charge in [0.25, 0.3) is 0 Å². The van der Waals surface area contributed by atoms with Gasteiger partial charge in [-0.15, -0.1) is 0 Å². The van der Waals surface area contributed by atoms with Crippen LogP contribution in [0.3, 0.4) is 0 Å². The largest absolute Gasteiger partial charge is 0.478 e. The Labute approximate surface area is 116 Å². The van der Waals surface area contributed by atoms with Crippen molar-refractivity contribution in [2.24, 2.45) is 0 Å². The molecule has 2 aromatic rings. The molecule has 20 heavy (non-hydrogen) atoms. The Balaban J connectivity index is 2.15. The van der Waals surface area contributed by atoms with E-state index in [-0.39, 0.29) is 5.56 Å². The molecular weight excluding hydrogens is 258 g/mol. The van der Waals surface area contributed by atoms with E-state index in [1.807, 2.05) is 13.8 Å². The predicted octanol–water partition coefficient (Wildman–Crippen LogP) is 2.64. The molecule has 0 aliphatic heterocycles. The highest BCUT2D eigenvalue weighted by atomic mass is 16.4. The van der Waals surface area contributed by atoms with Gasteiger partial charge in [0.15, 0.2) is 0 Å². The summed E-state index contributed by atoms with van der Waals surface area (Å²) in [7, 11) is 0. The van der Waals surface area contributed by atoms with Gasteiger partial charge in [-0.2, -0.15) is 0 Å². The first kappa shape index (κ1) is 14.0. The van der Waals surface area contributed by atoms with Crippen molar-refractivity contribution in [3.63, 3.8) is 0 Å². The third-order valence-corrected chi connectivity index (χ3v) is 2.72. The first-order chi connectivity index (χ1) is 9.58. The summed E-state index contributed by atoms with van der Waals surface area (Å²) >= 11 is 0. The number of nitrogens with one attached hydrogen (secondary N) is 1. The summed E-state index contributed by atoms with van der Waals surface area (Å²) in [5.41, 5.74) is 0.994. The molecule has 6 heteroatoms. The van der Waals surface area contributed by atoms with E-state index in [4.69, 9.17) is 9.52 Å². The molecular formula is C14H17N3O3. The topological polar surface area (TPSA) is 88.2 Å². The standard InChI is InChI=1S/C14H17N3O3/c1-3-4-11-5-10(14(18)19)6-12(17-11)15-8-13-16-7-9(2)20-13/h5-7H,3-4,8H2,1-2H3,(H,15,17)(H,18,19). The molecule has 0 fully saturated rings. The number of aryl methyl sites for hydroxylation is 2. The molecule has 106 valence electrons. The zero-order chi connectivity index (χ0) is 14.5. The molecule has 2 rings (SSSR count). The number of carboxylic acids is 1. The van der Waals surface area contributed by atoms with Crippen molar-refractivity contribution in [3.05, 3.63) is 41.2 Å². The Kier molecular flexibility index (Phi) is 4.34. The normalized spacial score (nSPS) is 10.5. The van der Waals surface area contributed by atoms with Crippen LogP contribution in [0.1, 0.15) is 41.0 Å². The number of pyridine rings is 1. The summed E-state index contributed by atoms with van der Waals surface area (Å²) in [5, 5.41) is 12.1. The molecule has 0 atom stereocenters. The van der Waals surface area contributed by atoms with E-state index >= 15 is 0 Å². The fourth-order valence-electron chi connectivity index (χ4n) is 1.84. The van der Waals surface area contributed by atoms with E-state index in [9.17, 15) is 4.79 Å². The number of carboxylic acid groups (broad SMARTS) is 1. The lowest BCUT2D eigenvalue weighted by Gasteiger charge is -2.07. The Hall–Kier alpha value is -2.37. The second-order valence-electron chi connectivity index (χ2n) is 4.51. The maximum absolute atomic E-state index is 11.1. The molecule has 0 spiro atoms. The maximum atomic E-state index is 11.1. The van der Waals surface area contributed by atoms with Gasteiger partial charge in [0.2, 0.25) is 5.89 Å². The number of aromatic carboxylic acids is 1. The molecule has 0 aromatic carbocycles. The predicted molar refractivity (Wildman–Crippen MR) is 73.8 cm³/mol. The van der Waals surface area contributed by atoms with Gasteiger partial charge in [0.05, 0.1) is 18.3 Å². The van der Waals surface area contributed by atoms with Crippen molar-refractivity contribution in [2.75, 3.05) is 5.32 Å². The van der Waals surface area contributed by atoms with Crippen molar-refractivity contribution in [3.8, 4) is 0 Å². The number of aromatic nitrogens is 2. The van der Waals surface area contributed by atoms with Gasteiger partial charge in [-0.3, -0.25) is 0 Å². The molecule has 2 heterocycles. The van der Waals surface area contributed by atoms with Crippen LogP contribution in [-0.4, -0.2) is 21.0 Å². The second kappa shape index (κ2) is 6.18. The molecule has 6 nitrogen and oxygen atoms in total. The molecule has 0 amide bonds. The van der Waals surface area contributed by atoms with Gasteiger partial charge in [-0.05, 0) is 25.5 Å². The minimum absolute atomic E-state index is 0.231. The van der Waals surface area contributed by atoms with Crippen molar-refractivity contribution in [1.82, 2.24) is 9.97 Å². The first-order valence-corrected chi connectivity index (χ1v) is 6.48. The van der Waals surface area contributed by atoms with Crippen molar-refractivity contribution < 1.29 is 14.3 Å². The second-order valence-corrected chi connectivity index (χ2v) is 4.51. The lowest BCUT2D eigenvalue weighted by Crippen LogP contribution is -2.06. The van der Waals surface area contributed by atoms with E-state index in [1.165, 1.54) is 6.07 Å². The third kappa shape index (κ3) is 3.57. The summed E-state index contributed by atoms with van der Waals surface area (Å²) in [4.78, 5) is 19.6. The molecule has 0 saturated heterocycles. The number of carbonyl (C=O) groups is 1. The van der Waals surface area contributed by atoms with Crippen LogP contribution < -0.4 is 5.32 Å². The van der Waals surface area contributed by atoms with E-state index in [2.05, 4.69) is 15.3 Å². The fourth-order valence-corrected chi connectivity index (χ4v) is 1.84. The highest BCUT2D eigenvalue weighted by Crippen LogP contribution is 2.13. The van der Waals surface area contributed by atoms with Crippen LogP contribution in [0.5, 0.6) is 0 Å². The zero-order valence-electron chi connectivity index (χ0n) is 11.5. The number of nitrogens with zero attached hydrogens (tertiary/aromatic N) is 2. The Morgan fingerprint density at radius 1 is 1.45 bits per heavy atom. The van der Waals surface area contributed by atoms with Crippen molar-refractivity contribution in [1.29, 1.82) is 0 Å². The first-order valence-electron chi connectivity index (χ1n) is 6.48. The van der Waals surface area contributed by atoms with Crippen molar-refractivity contribution >= 4 is 11.8 Å². The molecule has 2 N–H and O–H groups in total. The van der Waals surface area contributed by atoms with E-state index in [0.29, 0.717) is 18.3 Å². The van der Waals surface area contributed by atoms with Gasteiger partial charge in [-0.25, -0.2) is 14.8 Å². The Morgan fingerprint density at radius 2 is 2.25 bits per heavy atom. The summed E-state index contributed by atoms with van der Waals surface area (Å²) in [6.45, 7) is 4.21. The van der Waals surface area contributed by atoms with Crippen LogP contribution in [-0.2, 0) is 13.0 Å². The monoisotopic (exact) mass is 275 g/mol. The highest BCUT2D eigenvalue weighted by Gasteiger charge is 2.09. The summed E-state index contributed by atoms with van der Waals surface area (Å²) in [5.74, 6) is 0.840. The van der Waals surface area contributed by atoms with Crippen LogP contribution >= 0.6 is 0 Å². The van der Waals surface area contributed by atoms with Gasteiger partial charge in [0, 0.05) is 5.69 Å². The van der Waals surface area contributed by atoms with Crippen LogP contribution in [0, 0.1) is 6.92 Å². The molecule has 0 radical (unpaired) electrons. The quantitative estimate of drug-likeness (QED) is 0.842. The van der Waals surface area contributed by atoms with E-state index < -0.39 is 5.97 Å². The molecule has 0 saturated carbocycles. The van der Waals surface area contributed by atoms with Gasteiger partial charge >= 0.3 is 5.97 Å². The maximum Gasteiger partial charge on any atom is 0.335 e. The average Bonchev–Trinajstić information content (AvgIpc) is 2.82. The third-order valence-electron chi connectivity index (χ3n) is 2.72. The van der Waals surface area contributed by atoms with Crippen LogP contribution in [0.25, 0.3) is 0 Å². The minimum atomic E-state index is -0.959. The molecule has 0 unspecified atom stereocenters. The van der Waals surface area contributed by atoms with Crippen LogP contribution in [0.15, 0.2) is 22.7 Å². The minimum Gasteiger partial charge on any atom is -0.478 e. The van der Waals surface area contributed by atoms with Gasteiger partial charge < -0.3 is 14.8 Å². The molecule has 0 aliphatic carbocycles. The number of rotatable bonds is 6. The SMILES string of the molecule is CCCc1cc(C(=O)O)cc(NCc2ncc(C)o2)n1. The lowest BCUT2D eigenvalue weighted by molar-refractivity contribution is 0.0696. The van der Waals surface area contributed by atoms with Crippen LogP contribution in [0.4, 0.5) is 5.82 Å². The number of oxazole rings is 1. The fraction of sp³-hybridized carbons (Fsp3) is 0.357. The smallest absolute Gasteiger partial charge is 0.335 e. The van der Waals surface area contributed by atoms with E-state index in [0.717, 1.165) is 24.3 Å². The molecule has 0 bridgehead atoms. The lowest BCUT2D eigenvalue weighted by atomic mass is 10.1. The van der Waals surface area contributed by atoms with E-state index in [1.54, 1.807) is 12.3 Å². The Morgan fingerprint density at radius 3 is 2.85 bits per heavy atom. The number of hydrogen-bond acceptors (Lipinski definition) is 5. The van der Waals surface area contributed by atoms with Gasteiger partial charge in [0.1, 0.15) is 11.6 Å². The molecule has 2 aromatic heterocycles. The number of hydrogen-bond donors (Lipinski definition) is 2. The van der Waals surface area contributed by atoms with Crippen molar-refractivity contribution in [2.45, 2.75) is 33.2 Å². The summed E-state index contributed by atoms with van der Waals surface area (Å²) in [6.07, 6.45) is 3.29. The van der Waals surface area contributed by atoms with Gasteiger partial charge in [-0.1, -0.05) is 13.3 Å². The average molecular weight is 275 g/mol. The summed E-state index contributed by atoms with van der Waals surface area (Å²) < 4.78 is 5.34. The van der Waals surface area contributed by atoms with Crippen LogP contribution in [0.2, 0.25) is 0 Å². The zero-order valence-corrected chi connectivity index (χ0v) is 11.5. The molecule has 0 aliphatic rings.